The summed E-state index contributed by atoms with van der Waals surface area (Å²) < 4.78 is 0. The van der Waals surface area contributed by atoms with Gasteiger partial charge in [0.25, 0.3) is 0 Å². The minimum Gasteiger partial charge on any atom is -0.371 e. The topological polar surface area (TPSA) is 60.0 Å². The van der Waals surface area contributed by atoms with Gasteiger partial charge in [-0.15, -0.1) is 0 Å². The molecule has 0 aliphatic carbocycles. The van der Waals surface area contributed by atoms with E-state index in [4.69, 9.17) is 4.99 Å². The maximum Gasteiger partial charge on any atom is 0.224 e. The van der Waals surface area contributed by atoms with Gasteiger partial charge in [-0.05, 0) is 45.2 Å². The van der Waals surface area contributed by atoms with Gasteiger partial charge in [0.15, 0.2) is 5.96 Å². The fourth-order valence-corrected chi connectivity index (χ4v) is 3.44. The number of hydrogen-bond acceptors (Lipinski definition) is 3. The zero-order valence-electron chi connectivity index (χ0n) is 17.1. The van der Waals surface area contributed by atoms with Crippen LogP contribution < -0.4 is 15.5 Å². The third kappa shape index (κ3) is 6.77. The van der Waals surface area contributed by atoms with Gasteiger partial charge in [0, 0.05) is 57.9 Å². The normalized spacial score (nSPS) is 17.1. The first-order valence-electron chi connectivity index (χ1n) is 10.3. The van der Waals surface area contributed by atoms with E-state index < -0.39 is 0 Å². The fraction of sp³-hybridized carbons (Fsp3) is 0.619. The molecule has 6 heteroatoms. The molecule has 1 atom stereocenters. The largest absolute Gasteiger partial charge is 0.371 e. The van der Waals surface area contributed by atoms with Crippen molar-refractivity contribution in [1.29, 1.82) is 0 Å². The fourth-order valence-electron chi connectivity index (χ4n) is 3.44. The second-order valence-corrected chi connectivity index (χ2v) is 6.90. The zero-order valence-corrected chi connectivity index (χ0v) is 17.1. The molecule has 0 aromatic heterocycles. The molecule has 1 amide bonds. The summed E-state index contributed by atoms with van der Waals surface area (Å²) in [6.45, 7) is 12.0. The first-order valence-corrected chi connectivity index (χ1v) is 10.3. The lowest BCUT2D eigenvalue weighted by atomic mass is 10.1. The van der Waals surface area contributed by atoms with E-state index in [1.807, 2.05) is 18.7 Å². The van der Waals surface area contributed by atoms with Crippen LogP contribution in [0.25, 0.3) is 0 Å². The first kappa shape index (κ1) is 21.1. The second kappa shape index (κ2) is 11.5. The molecule has 150 valence electrons. The second-order valence-electron chi connectivity index (χ2n) is 6.90. The summed E-state index contributed by atoms with van der Waals surface area (Å²) in [4.78, 5) is 21.1. The lowest BCUT2D eigenvalue weighted by Crippen LogP contribution is -2.40. The Kier molecular flexibility index (Phi) is 8.95. The molecular formula is C21H35N5O. The molecule has 1 aromatic rings. The summed E-state index contributed by atoms with van der Waals surface area (Å²) in [5, 5.41) is 6.58. The minimum atomic E-state index is 0.192. The molecule has 6 nitrogen and oxygen atoms in total. The smallest absolute Gasteiger partial charge is 0.224 e. The van der Waals surface area contributed by atoms with Crippen LogP contribution in [0.15, 0.2) is 35.3 Å². The quantitative estimate of drug-likeness (QED) is 0.515. The van der Waals surface area contributed by atoms with Gasteiger partial charge in [-0.25, -0.2) is 0 Å². The molecule has 0 saturated carbocycles. The average molecular weight is 374 g/mol. The summed E-state index contributed by atoms with van der Waals surface area (Å²) in [6, 6.07) is 10.6. The van der Waals surface area contributed by atoms with E-state index in [-0.39, 0.29) is 5.91 Å². The van der Waals surface area contributed by atoms with E-state index >= 15 is 0 Å². The molecule has 1 aliphatic rings. The van der Waals surface area contributed by atoms with E-state index in [1.165, 1.54) is 5.69 Å². The Morgan fingerprint density at radius 3 is 2.59 bits per heavy atom. The highest BCUT2D eigenvalue weighted by atomic mass is 16.2. The predicted molar refractivity (Wildman–Crippen MR) is 113 cm³/mol. The van der Waals surface area contributed by atoms with Crippen molar-refractivity contribution in [3.8, 4) is 0 Å². The van der Waals surface area contributed by atoms with E-state index in [0.717, 1.165) is 51.6 Å². The number of benzene rings is 1. The number of nitrogens with one attached hydrogen (secondary N) is 2. The molecule has 0 spiro atoms. The van der Waals surface area contributed by atoms with Crippen LogP contribution in [-0.4, -0.2) is 62.6 Å². The van der Waals surface area contributed by atoms with Crippen molar-refractivity contribution in [1.82, 2.24) is 15.5 Å². The molecule has 27 heavy (non-hydrogen) atoms. The highest BCUT2D eigenvalue weighted by Gasteiger charge is 2.22. The summed E-state index contributed by atoms with van der Waals surface area (Å²) in [5.41, 5.74) is 1.30. The highest BCUT2D eigenvalue weighted by molar-refractivity contribution is 5.81. The summed E-state index contributed by atoms with van der Waals surface area (Å²) in [5.74, 6) is 1.57. The Bertz CT molecular complexity index is 585. The summed E-state index contributed by atoms with van der Waals surface area (Å²) in [6.07, 6.45) is 1.66. The van der Waals surface area contributed by atoms with Gasteiger partial charge in [0.05, 0.1) is 0 Å². The summed E-state index contributed by atoms with van der Waals surface area (Å²) in [7, 11) is 0. The highest BCUT2D eigenvalue weighted by Crippen LogP contribution is 2.23. The standard InChI is InChI=1S/C21H35N5O/c1-4-22-21(23-14-12-20(27)25(5-2)6-3)24-16-18-13-15-26(17-18)19-10-8-7-9-11-19/h7-11,18H,4-6,12-17H2,1-3H3,(H2,22,23,24). The Hall–Kier alpha value is -2.24. The summed E-state index contributed by atoms with van der Waals surface area (Å²) >= 11 is 0. The molecule has 1 saturated heterocycles. The van der Waals surface area contributed by atoms with Crippen LogP contribution >= 0.6 is 0 Å². The van der Waals surface area contributed by atoms with Crippen molar-refractivity contribution in [2.24, 2.45) is 10.9 Å². The Balaban J connectivity index is 1.79. The van der Waals surface area contributed by atoms with Gasteiger partial charge < -0.3 is 20.4 Å². The number of hydrogen-bond donors (Lipinski definition) is 2. The number of aliphatic imine (C=N–C) groups is 1. The SMILES string of the molecule is CCNC(=NCC1CCN(c2ccccc2)C1)NCCC(=O)N(CC)CC. The number of rotatable bonds is 9. The molecule has 1 aliphatic heterocycles. The molecule has 1 aromatic carbocycles. The van der Waals surface area contributed by atoms with E-state index in [2.05, 4.69) is 52.8 Å². The first-order chi connectivity index (χ1) is 13.2. The molecule has 2 rings (SSSR count). The number of para-hydroxylation sites is 1. The Morgan fingerprint density at radius 1 is 1.19 bits per heavy atom. The van der Waals surface area contributed by atoms with Crippen molar-refractivity contribution < 1.29 is 4.79 Å². The number of carbonyl (C=O) groups is 1. The number of anilines is 1. The van der Waals surface area contributed by atoms with Gasteiger partial charge in [0.1, 0.15) is 0 Å². The van der Waals surface area contributed by atoms with Crippen LogP contribution in [0.2, 0.25) is 0 Å². The van der Waals surface area contributed by atoms with E-state index in [1.54, 1.807) is 0 Å². The number of nitrogens with zero attached hydrogens (tertiary/aromatic N) is 3. The van der Waals surface area contributed by atoms with Gasteiger partial charge in [-0.1, -0.05) is 18.2 Å². The maximum absolute atomic E-state index is 12.1. The molecule has 0 bridgehead atoms. The number of amides is 1. The van der Waals surface area contributed by atoms with E-state index in [9.17, 15) is 4.79 Å². The minimum absolute atomic E-state index is 0.192. The number of guanidine groups is 1. The van der Waals surface area contributed by atoms with Crippen LogP contribution in [0.5, 0.6) is 0 Å². The molecule has 1 fully saturated rings. The van der Waals surface area contributed by atoms with Crippen LogP contribution in [-0.2, 0) is 4.79 Å². The molecule has 0 radical (unpaired) electrons. The van der Waals surface area contributed by atoms with Crippen LogP contribution in [0.1, 0.15) is 33.6 Å². The van der Waals surface area contributed by atoms with Gasteiger partial charge >= 0.3 is 0 Å². The Morgan fingerprint density at radius 2 is 1.93 bits per heavy atom. The van der Waals surface area contributed by atoms with Gasteiger partial charge in [-0.2, -0.15) is 0 Å². The van der Waals surface area contributed by atoms with Crippen molar-refractivity contribution in [2.45, 2.75) is 33.6 Å². The van der Waals surface area contributed by atoms with Crippen LogP contribution in [0.4, 0.5) is 5.69 Å². The monoisotopic (exact) mass is 373 g/mol. The molecule has 2 N–H and O–H groups in total. The van der Waals surface area contributed by atoms with Crippen molar-refractivity contribution in [2.75, 3.05) is 50.7 Å². The van der Waals surface area contributed by atoms with Crippen molar-refractivity contribution >= 4 is 17.6 Å². The lowest BCUT2D eigenvalue weighted by Gasteiger charge is -2.19. The van der Waals surface area contributed by atoms with Crippen molar-refractivity contribution in [3.05, 3.63) is 30.3 Å². The van der Waals surface area contributed by atoms with Crippen molar-refractivity contribution in [3.63, 3.8) is 0 Å². The predicted octanol–water partition coefficient (Wildman–Crippen LogP) is 2.33. The number of carbonyl (C=O) groups excluding carboxylic acids is 1. The third-order valence-corrected chi connectivity index (χ3v) is 5.01. The zero-order chi connectivity index (χ0) is 19.5. The molecular weight excluding hydrogens is 338 g/mol. The third-order valence-electron chi connectivity index (χ3n) is 5.01. The lowest BCUT2D eigenvalue weighted by molar-refractivity contribution is -0.130. The molecule has 1 unspecified atom stereocenters. The van der Waals surface area contributed by atoms with Crippen LogP contribution in [0.3, 0.4) is 0 Å². The van der Waals surface area contributed by atoms with E-state index in [0.29, 0.717) is 18.9 Å². The Labute approximate surface area is 164 Å². The molecule has 1 heterocycles. The van der Waals surface area contributed by atoms with Gasteiger partial charge in [-0.3, -0.25) is 9.79 Å². The maximum atomic E-state index is 12.1. The van der Waals surface area contributed by atoms with Gasteiger partial charge in [0.2, 0.25) is 5.91 Å². The average Bonchev–Trinajstić information content (AvgIpc) is 3.17. The van der Waals surface area contributed by atoms with Crippen LogP contribution in [0, 0.1) is 5.92 Å².